The van der Waals surface area contributed by atoms with Gasteiger partial charge in [-0.05, 0) is 25.7 Å². The molecule has 100 valence electrons. The Labute approximate surface area is 106 Å². The van der Waals surface area contributed by atoms with Crippen molar-refractivity contribution in [2.24, 2.45) is 5.92 Å². The molecule has 17 heavy (non-hydrogen) atoms. The van der Waals surface area contributed by atoms with Gasteiger partial charge in [0.15, 0.2) is 0 Å². The number of hydrogen-bond donors (Lipinski definition) is 2. The summed E-state index contributed by atoms with van der Waals surface area (Å²) < 4.78 is 0. The zero-order valence-electron chi connectivity index (χ0n) is 11.4. The van der Waals surface area contributed by atoms with Crippen molar-refractivity contribution in [2.75, 3.05) is 0 Å². The van der Waals surface area contributed by atoms with Gasteiger partial charge in [-0.25, -0.2) is 5.43 Å². The van der Waals surface area contributed by atoms with Gasteiger partial charge in [0, 0.05) is 12.0 Å². The van der Waals surface area contributed by atoms with Crippen LogP contribution in [0, 0.1) is 5.92 Å². The van der Waals surface area contributed by atoms with E-state index in [1.54, 1.807) is 0 Å². The largest absolute Gasteiger partial charge is 0.291 e. The molecule has 3 heteroatoms. The highest BCUT2D eigenvalue weighted by molar-refractivity contribution is 5.78. The molecule has 1 rings (SSSR count). The van der Waals surface area contributed by atoms with Crippen molar-refractivity contribution in [3.8, 4) is 0 Å². The Balaban J connectivity index is 2.25. The van der Waals surface area contributed by atoms with E-state index in [1.807, 2.05) is 0 Å². The van der Waals surface area contributed by atoms with Crippen LogP contribution in [0.5, 0.6) is 0 Å². The third-order valence-corrected chi connectivity index (χ3v) is 3.65. The topological polar surface area (TPSA) is 41.1 Å². The molecule has 1 aliphatic rings. The lowest BCUT2D eigenvalue weighted by atomic mass is 9.96. The molecular weight excluding hydrogens is 212 g/mol. The maximum Gasteiger partial charge on any atom is 0.237 e. The summed E-state index contributed by atoms with van der Waals surface area (Å²) >= 11 is 0. The molecule has 0 aliphatic heterocycles. The van der Waals surface area contributed by atoms with E-state index in [4.69, 9.17) is 0 Å². The number of amides is 1. The van der Waals surface area contributed by atoms with Gasteiger partial charge in [0.2, 0.25) is 5.91 Å². The first kappa shape index (κ1) is 14.5. The molecule has 2 N–H and O–H groups in total. The monoisotopic (exact) mass is 240 g/mol. The fourth-order valence-corrected chi connectivity index (χ4v) is 2.63. The Morgan fingerprint density at radius 1 is 1.12 bits per heavy atom. The molecule has 0 atom stereocenters. The third kappa shape index (κ3) is 5.53. The highest BCUT2D eigenvalue weighted by Gasteiger charge is 2.18. The summed E-state index contributed by atoms with van der Waals surface area (Å²) in [6, 6.07) is 0.497. The summed E-state index contributed by atoms with van der Waals surface area (Å²) in [7, 11) is 0. The maximum atomic E-state index is 12.0. The Hall–Kier alpha value is -0.570. The predicted octanol–water partition coefficient (Wildman–Crippen LogP) is 3.16. The van der Waals surface area contributed by atoms with Crippen molar-refractivity contribution in [3.63, 3.8) is 0 Å². The molecule has 0 aromatic heterocycles. The van der Waals surface area contributed by atoms with Gasteiger partial charge in [0.05, 0.1) is 0 Å². The van der Waals surface area contributed by atoms with Crippen molar-refractivity contribution >= 4 is 5.91 Å². The van der Waals surface area contributed by atoms with E-state index in [1.165, 1.54) is 32.1 Å². The van der Waals surface area contributed by atoms with Gasteiger partial charge in [-0.3, -0.25) is 10.2 Å². The summed E-state index contributed by atoms with van der Waals surface area (Å²) in [5.41, 5.74) is 6.15. The molecule has 0 radical (unpaired) electrons. The van der Waals surface area contributed by atoms with E-state index < -0.39 is 0 Å². The highest BCUT2D eigenvalue weighted by atomic mass is 16.2. The molecule has 0 bridgehead atoms. The SMILES string of the molecule is CCCC(CCC)C(=O)NNC1CCCCC1. The average Bonchev–Trinajstić information content (AvgIpc) is 2.37. The number of carbonyl (C=O) groups is 1. The molecule has 0 heterocycles. The van der Waals surface area contributed by atoms with Gasteiger partial charge in [-0.1, -0.05) is 46.0 Å². The minimum Gasteiger partial charge on any atom is -0.291 e. The average molecular weight is 240 g/mol. The van der Waals surface area contributed by atoms with E-state index in [9.17, 15) is 4.79 Å². The van der Waals surface area contributed by atoms with Crippen LogP contribution in [0.15, 0.2) is 0 Å². The molecule has 1 saturated carbocycles. The molecule has 1 amide bonds. The molecule has 0 aromatic rings. The van der Waals surface area contributed by atoms with Crippen molar-refractivity contribution in [1.29, 1.82) is 0 Å². The maximum absolute atomic E-state index is 12.0. The molecular formula is C14H28N2O. The smallest absolute Gasteiger partial charge is 0.237 e. The summed E-state index contributed by atoms with van der Waals surface area (Å²) in [6.07, 6.45) is 10.5. The Morgan fingerprint density at radius 3 is 2.24 bits per heavy atom. The standard InChI is InChI=1S/C14H28N2O/c1-3-8-12(9-4-2)14(17)16-15-13-10-6-5-7-11-13/h12-13,15H,3-11H2,1-2H3,(H,16,17). The van der Waals surface area contributed by atoms with E-state index in [2.05, 4.69) is 24.7 Å². The van der Waals surface area contributed by atoms with Crippen LogP contribution in [0.2, 0.25) is 0 Å². The predicted molar refractivity (Wildman–Crippen MR) is 71.5 cm³/mol. The first-order chi connectivity index (χ1) is 8.27. The van der Waals surface area contributed by atoms with Gasteiger partial charge in [0.25, 0.3) is 0 Å². The van der Waals surface area contributed by atoms with Crippen LogP contribution in [0.1, 0.15) is 71.6 Å². The number of carbonyl (C=O) groups excluding carboxylic acids is 1. The van der Waals surface area contributed by atoms with Crippen LogP contribution in [0.3, 0.4) is 0 Å². The van der Waals surface area contributed by atoms with Crippen LogP contribution in [-0.4, -0.2) is 11.9 Å². The van der Waals surface area contributed by atoms with E-state index in [0.717, 1.165) is 25.7 Å². The van der Waals surface area contributed by atoms with Crippen LogP contribution in [-0.2, 0) is 4.79 Å². The van der Waals surface area contributed by atoms with Crippen molar-refractivity contribution < 1.29 is 4.79 Å². The van der Waals surface area contributed by atoms with Gasteiger partial charge in [-0.15, -0.1) is 0 Å². The lowest BCUT2D eigenvalue weighted by molar-refractivity contribution is -0.126. The highest BCUT2D eigenvalue weighted by Crippen LogP contribution is 2.17. The summed E-state index contributed by atoms with van der Waals surface area (Å²) in [5, 5.41) is 0. The van der Waals surface area contributed by atoms with Crippen LogP contribution in [0.4, 0.5) is 0 Å². The molecule has 0 aromatic carbocycles. The number of nitrogens with one attached hydrogen (secondary N) is 2. The van der Waals surface area contributed by atoms with Crippen LogP contribution < -0.4 is 10.9 Å². The normalized spacial score (nSPS) is 17.4. The summed E-state index contributed by atoms with van der Waals surface area (Å²) in [4.78, 5) is 12.0. The third-order valence-electron chi connectivity index (χ3n) is 3.65. The lowest BCUT2D eigenvalue weighted by Crippen LogP contribution is -2.47. The van der Waals surface area contributed by atoms with Crippen molar-refractivity contribution in [3.05, 3.63) is 0 Å². The van der Waals surface area contributed by atoms with Gasteiger partial charge in [0.1, 0.15) is 0 Å². The molecule has 0 unspecified atom stereocenters. The number of hydrazine groups is 1. The van der Waals surface area contributed by atoms with Gasteiger partial charge >= 0.3 is 0 Å². The van der Waals surface area contributed by atoms with Gasteiger partial charge < -0.3 is 0 Å². The molecule has 3 nitrogen and oxygen atoms in total. The molecule has 0 saturated heterocycles. The molecule has 0 spiro atoms. The number of rotatable bonds is 7. The van der Waals surface area contributed by atoms with Crippen LogP contribution in [0.25, 0.3) is 0 Å². The van der Waals surface area contributed by atoms with E-state index in [-0.39, 0.29) is 11.8 Å². The summed E-state index contributed by atoms with van der Waals surface area (Å²) in [6.45, 7) is 4.29. The van der Waals surface area contributed by atoms with E-state index >= 15 is 0 Å². The summed E-state index contributed by atoms with van der Waals surface area (Å²) in [5.74, 6) is 0.389. The first-order valence-electron chi connectivity index (χ1n) is 7.33. The molecule has 1 aliphatic carbocycles. The second-order valence-corrected chi connectivity index (χ2v) is 5.24. The minimum atomic E-state index is 0.194. The zero-order valence-corrected chi connectivity index (χ0v) is 11.4. The molecule has 1 fully saturated rings. The lowest BCUT2D eigenvalue weighted by Gasteiger charge is -2.24. The van der Waals surface area contributed by atoms with Gasteiger partial charge in [-0.2, -0.15) is 0 Å². The fraction of sp³-hybridized carbons (Fsp3) is 0.929. The quantitative estimate of drug-likeness (QED) is 0.671. The second-order valence-electron chi connectivity index (χ2n) is 5.24. The Morgan fingerprint density at radius 2 is 1.71 bits per heavy atom. The Bertz CT molecular complexity index is 206. The van der Waals surface area contributed by atoms with Crippen LogP contribution >= 0.6 is 0 Å². The minimum absolute atomic E-state index is 0.194. The fourth-order valence-electron chi connectivity index (χ4n) is 2.63. The second kappa shape index (κ2) is 8.51. The Kier molecular flexibility index (Phi) is 7.25. The van der Waals surface area contributed by atoms with Crippen molar-refractivity contribution in [1.82, 2.24) is 10.9 Å². The zero-order chi connectivity index (χ0) is 12.5. The van der Waals surface area contributed by atoms with Crippen molar-refractivity contribution in [2.45, 2.75) is 77.7 Å². The number of hydrogen-bond acceptors (Lipinski definition) is 2. The van der Waals surface area contributed by atoms with E-state index in [0.29, 0.717) is 6.04 Å². The first-order valence-corrected chi connectivity index (χ1v) is 7.33.